The Morgan fingerprint density at radius 1 is 0.872 bits per heavy atom. The first kappa shape index (κ1) is 25.5. The minimum Gasteiger partial charge on any atom is -0.453 e. The summed E-state index contributed by atoms with van der Waals surface area (Å²) in [5.74, 6) is -1.89. The van der Waals surface area contributed by atoms with Gasteiger partial charge in [-0.3, -0.25) is 10.1 Å². The molecule has 0 fully saturated rings. The van der Waals surface area contributed by atoms with Crippen molar-refractivity contribution < 1.29 is 27.5 Å². The summed E-state index contributed by atoms with van der Waals surface area (Å²) in [6.45, 7) is 0. The molecule has 5 aromatic rings. The molecule has 0 atom stereocenters. The zero-order valence-corrected chi connectivity index (χ0v) is 20.3. The van der Waals surface area contributed by atoms with Crippen molar-refractivity contribution >= 4 is 28.7 Å². The van der Waals surface area contributed by atoms with Crippen LogP contribution in [-0.2, 0) is 17.6 Å². The number of rotatable bonds is 7. The Kier molecular flexibility index (Phi) is 7.26. The molecule has 39 heavy (non-hydrogen) atoms. The zero-order valence-electron chi connectivity index (χ0n) is 20.3. The average Bonchev–Trinajstić information content (AvgIpc) is 3.30. The van der Waals surface area contributed by atoms with E-state index in [0.717, 1.165) is 17.2 Å². The normalized spacial score (nSPS) is 10.8. The van der Waals surface area contributed by atoms with E-state index in [4.69, 9.17) is 4.74 Å². The van der Waals surface area contributed by atoms with Gasteiger partial charge in [-0.05, 0) is 65.6 Å². The molecule has 0 saturated carbocycles. The smallest absolute Gasteiger partial charge is 0.325 e. The lowest BCUT2D eigenvalue weighted by Crippen LogP contribution is -2.35. The van der Waals surface area contributed by atoms with Crippen LogP contribution in [0.15, 0.2) is 85.2 Å². The predicted octanol–water partition coefficient (Wildman–Crippen LogP) is 6.25. The van der Waals surface area contributed by atoms with Crippen LogP contribution in [0, 0.1) is 17.5 Å². The number of H-pyrrole nitrogens is 1. The van der Waals surface area contributed by atoms with Gasteiger partial charge in [-0.1, -0.05) is 24.3 Å². The van der Waals surface area contributed by atoms with E-state index in [9.17, 15) is 22.8 Å². The molecule has 0 spiro atoms. The second kappa shape index (κ2) is 11.1. The number of imide groups is 1. The van der Waals surface area contributed by atoms with Gasteiger partial charge in [-0.25, -0.2) is 22.9 Å². The van der Waals surface area contributed by atoms with Crippen LogP contribution in [0.3, 0.4) is 0 Å². The van der Waals surface area contributed by atoms with E-state index >= 15 is 0 Å². The number of benzene rings is 3. The third kappa shape index (κ3) is 6.24. The number of amides is 3. The minimum atomic E-state index is -0.847. The molecule has 0 aliphatic heterocycles. The third-order valence-electron chi connectivity index (χ3n) is 5.84. The van der Waals surface area contributed by atoms with E-state index in [0.29, 0.717) is 28.8 Å². The largest absolute Gasteiger partial charge is 0.453 e. The first-order chi connectivity index (χ1) is 18.8. The highest BCUT2D eigenvalue weighted by molar-refractivity contribution is 6.01. The lowest BCUT2D eigenvalue weighted by Gasteiger charge is -2.11. The van der Waals surface area contributed by atoms with Gasteiger partial charge >= 0.3 is 6.03 Å². The van der Waals surface area contributed by atoms with Crippen LogP contribution < -0.4 is 15.4 Å². The lowest BCUT2D eigenvalue weighted by atomic mass is 10.0. The summed E-state index contributed by atoms with van der Waals surface area (Å²) in [5.41, 5.74) is 2.70. The number of halogens is 3. The first-order valence-electron chi connectivity index (χ1n) is 11.9. The predicted molar refractivity (Wildman–Crippen MR) is 139 cm³/mol. The maximum absolute atomic E-state index is 14.9. The van der Waals surface area contributed by atoms with Crippen LogP contribution in [0.5, 0.6) is 11.5 Å². The van der Waals surface area contributed by atoms with Crippen LogP contribution in [0.1, 0.15) is 16.7 Å². The third-order valence-corrected chi connectivity index (χ3v) is 5.84. The first-order valence-corrected chi connectivity index (χ1v) is 11.9. The molecule has 0 radical (unpaired) electrons. The van der Waals surface area contributed by atoms with Crippen molar-refractivity contribution in [2.45, 2.75) is 12.8 Å². The molecule has 196 valence electrons. The fraction of sp³-hybridized carbons (Fsp3) is 0.0690. The maximum atomic E-state index is 14.9. The average molecular weight is 531 g/mol. The van der Waals surface area contributed by atoms with Gasteiger partial charge < -0.3 is 15.0 Å². The Morgan fingerprint density at radius 3 is 2.46 bits per heavy atom. The standard InChI is InChI=1S/C29H21F3N4O3/c30-20-6-4-17(5-7-20)14-26(37)36-29(38)35-22-8-9-24(23(32)15-22)39-25-10-11-33-28-27(25)19(16-34-28)12-18-2-1-3-21(31)13-18/h1-11,13,15-16H,12,14H2,(H,33,34)(H2,35,36,37,38). The van der Waals surface area contributed by atoms with Gasteiger partial charge in [0.05, 0.1) is 11.8 Å². The fourth-order valence-electron chi connectivity index (χ4n) is 4.08. The number of hydrogen-bond donors (Lipinski definition) is 3. The molecular weight excluding hydrogens is 509 g/mol. The number of urea groups is 1. The molecular formula is C29H21F3N4O3. The Balaban J connectivity index is 1.27. The van der Waals surface area contributed by atoms with Crippen molar-refractivity contribution in [2.75, 3.05) is 5.32 Å². The Hall–Kier alpha value is -5.12. The summed E-state index contributed by atoms with van der Waals surface area (Å²) >= 11 is 0. The number of aromatic amines is 1. The number of aromatic nitrogens is 2. The Morgan fingerprint density at radius 2 is 1.69 bits per heavy atom. The van der Waals surface area contributed by atoms with E-state index in [2.05, 4.69) is 20.6 Å². The number of anilines is 1. The topological polar surface area (TPSA) is 96.1 Å². The summed E-state index contributed by atoms with van der Waals surface area (Å²) in [7, 11) is 0. The molecule has 7 nitrogen and oxygen atoms in total. The summed E-state index contributed by atoms with van der Waals surface area (Å²) in [5, 5.41) is 5.16. The van der Waals surface area contributed by atoms with Gasteiger partial charge in [-0.2, -0.15) is 0 Å². The van der Waals surface area contributed by atoms with Gasteiger partial charge in [0.15, 0.2) is 11.6 Å². The van der Waals surface area contributed by atoms with E-state index in [1.807, 2.05) is 0 Å². The second-order valence-corrected chi connectivity index (χ2v) is 8.71. The number of nitrogens with zero attached hydrogens (tertiary/aromatic N) is 1. The zero-order chi connectivity index (χ0) is 27.4. The van der Waals surface area contributed by atoms with Crippen molar-refractivity contribution in [3.05, 3.63) is 119 Å². The van der Waals surface area contributed by atoms with Crippen molar-refractivity contribution in [2.24, 2.45) is 0 Å². The van der Waals surface area contributed by atoms with Crippen LogP contribution in [0.4, 0.5) is 23.7 Å². The van der Waals surface area contributed by atoms with Gasteiger partial charge in [0, 0.05) is 24.1 Å². The molecule has 10 heteroatoms. The molecule has 5 rings (SSSR count). The van der Waals surface area contributed by atoms with Crippen LogP contribution >= 0.6 is 0 Å². The molecule has 3 N–H and O–H groups in total. The van der Waals surface area contributed by atoms with E-state index in [1.165, 1.54) is 54.7 Å². The highest BCUT2D eigenvalue weighted by Gasteiger charge is 2.15. The number of ether oxygens (including phenoxy) is 1. The second-order valence-electron chi connectivity index (χ2n) is 8.71. The number of nitrogens with one attached hydrogen (secondary N) is 3. The molecule has 0 saturated heterocycles. The number of carbonyl (C=O) groups is 2. The highest BCUT2D eigenvalue weighted by Crippen LogP contribution is 2.34. The number of fused-ring (bicyclic) bond motifs is 1. The SMILES string of the molecule is O=C(Cc1ccc(F)cc1)NC(=O)Nc1ccc(Oc2ccnc3[nH]cc(Cc4cccc(F)c4)c23)c(F)c1. The molecule has 0 aliphatic rings. The van der Waals surface area contributed by atoms with Gasteiger partial charge in [-0.15, -0.1) is 0 Å². The van der Waals surface area contributed by atoms with Crippen LogP contribution in [-0.4, -0.2) is 21.9 Å². The van der Waals surface area contributed by atoms with Crippen molar-refractivity contribution in [3.8, 4) is 11.5 Å². The molecule has 3 aromatic carbocycles. The van der Waals surface area contributed by atoms with Crippen molar-refractivity contribution in [1.29, 1.82) is 0 Å². The molecule has 2 aromatic heterocycles. The summed E-state index contributed by atoms with van der Waals surface area (Å²) < 4.78 is 47.4. The molecule has 2 heterocycles. The number of pyridine rings is 1. The van der Waals surface area contributed by atoms with Gasteiger partial charge in [0.25, 0.3) is 0 Å². The van der Waals surface area contributed by atoms with E-state index < -0.39 is 23.6 Å². The number of carbonyl (C=O) groups excluding carboxylic acids is 2. The maximum Gasteiger partial charge on any atom is 0.325 e. The van der Waals surface area contributed by atoms with Crippen LogP contribution in [0.2, 0.25) is 0 Å². The highest BCUT2D eigenvalue weighted by atomic mass is 19.1. The summed E-state index contributed by atoms with van der Waals surface area (Å²) in [6.07, 6.45) is 3.53. The van der Waals surface area contributed by atoms with Crippen molar-refractivity contribution in [1.82, 2.24) is 15.3 Å². The molecule has 0 aliphatic carbocycles. The Bertz CT molecular complexity index is 1670. The molecule has 0 unspecified atom stereocenters. The lowest BCUT2D eigenvalue weighted by molar-refractivity contribution is -0.119. The Labute approximate surface area is 220 Å². The quantitative estimate of drug-likeness (QED) is 0.232. The summed E-state index contributed by atoms with van der Waals surface area (Å²) in [6, 6.07) is 16.1. The van der Waals surface area contributed by atoms with Gasteiger partial charge in [0.1, 0.15) is 23.0 Å². The molecule has 3 amide bonds. The number of hydrogen-bond acceptors (Lipinski definition) is 4. The fourth-order valence-corrected chi connectivity index (χ4v) is 4.08. The van der Waals surface area contributed by atoms with Crippen LogP contribution in [0.25, 0.3) is 11.0 Å². The molecule has 0 bridgehead atoms. The minimum absolute atomic E-state index is 0.0974. The van der Waals surface area contributed by atoms with Gasteiger partial charge in [0.2, 0.25) is 5.91 Å². The van der Waals surface area contributed by atoms with Crippen molar-refractivity contribution in [3.63, 3.8) is 0 Å². The van der Waals surface area contributed by atoms with E-state index in [-0.39, 0.29) is 23.7 Å². The monoisotopic (exact) mass is 530 g/mol. The summed E-state index contributed by atoms with van der Waals surface area (Å²) in [4.78, 5) is 31.6. The van der Waals surface area contributed by atoms with E-state index in [1.54, 1.807) is 24.4 Å².